The lowest BCUT2D eigenvalue weighted by atomic mass is 10.1. The van der Waals surface area contributed by atoms with Crippen molar-refractivity contribution >= 4 is 33.6 Å². The molecule has 0 radical (unpaired) electrons. The third kappa shape index (κ3) is 5.20. The molecule has 0 bridgehead atoms. The fourth-order valence-corrected chi connectivity index (χ4v) is 2.35. The standard InChI is InChI=1S/C17H15BrN2O4/c18-12-6-7-14(24-10-16(21)22)13(9-12)17(23)20-15(19)8-11-4-2-1-3-5-11/h1-7,9H,8,10H2,(H,21,22)(H2,19,20,23). The number of nitrogens with one attached hydrogen (secondary N) is 2. The van der Waals surface area contributed by atoms with Crippen molar-refractivity contribution in [3.8, 4) is 5.75 Å². The Bertz CT molecular complexity index is 762. The first-order chi connectivity index (χ1) is 11.5. The molecule has 2 rings (SSSR count). The smallest absolute Gasteiger partial charge is 0.341 e. The van der Waals surface area contributed by atoms with Gasteiger partial charge < -0.3 is 15.2 Å². The predicted molar refractivity (Wildman–Crippen MR) is 92.6 cm³/mol. The molecule has 0 aromatic heterocycles. The van der Waals surface area contributed by atoms with Gasteiger partial charge in [0.05, 0.1) is 5.56 Å². The van der Waals surface area contributed by atoms with E-state index in [0.717, 1.165) is 5.56 Å². The summed E-state index contributed by atoms with van der Waals surface area (Å²) in [5.41, 5.74) is 1.06. The molecular weight excluding hydrogens is 376 g/mol. The third-order valence-corrected chi connectivity index (χ3v) is 3.52. The van der Waals surface area contributed by atoms with Crippen molar-refractivity contribution in [2.45, 2.75) is 6.42 Å². The van der Waals surface area contributed by atoms with Crippen LogP contribution in [0.3, 0.4) is 0 Å². The van der Waals surface area contributed by atoms with Crippen LogP contribution in [0.5, 0.6) is 5.75 Å². The molecule has 0 aliphatic carbocycles. The second kappa shape index (κ2) is 8.26. The summed E-state index contributed by atoms with van der Waals surface area (Å²) >= 11 is 3.26. The van der Waals surface area contributed by atoms with E-state index in [1.54, 1.807) is 6.07 Å². The minimum absolute atomic E-state index is 0.0374. The second-order valence-corrected chi connectivity index (χ2v) is 5.83. The number of benzene rings is 2. The molecule has 0 aliphatic rings. The highest BCUT2D eigenvalue weighted by Crippen LogP contribution is 2.23. The average Bonchev–Trinajstić information content (AvgIpc) is 2.54. The highest BCUT2D eigenvalue weighted by atomic mass is 79.9. The molecular formula is C17H15BrN2O4. The van der Waals surface area contributed by atoms with Crippen molar-refractivity contribution in [3.63, 3.8) is 0 Å². The number of carboxylic acid groups (broad SMARTS) is 1. The zero-order valence-corrected chi connectivity index (χ0v) is 14.2. The summed E-state index contributed by atoms with van der Waals surface area (Å²) in [5, 5.41) is 19.1. The first kappa shape index (κ1) is 17.7. The SMILES string of the molecule is N=C(Cc1ccccc1)NC(=O)c1cc(Br)ccc1OCC(=O)O. The predicted octanol–water partition coefficient (Wildman–Crippen LogP) is 2.86. The summed E-state index contributed by atoms with van der Waals surface area (Å²) in [7, 11) is 0. The maximum atomic E-state index is 12.4. The largest absolute Gasteiger partial charge is 0.481 e. The Balaban J connectivity index is 2.09. The number of carboxylic acids is 1. The number of carbonyl (C=O) groups excluding carboxylic acids is 1. The zero-order chi connectivity index (χ0) is 17.5. The van der Waals surface area contributed by atoms with Crippen LogP contribution in [-0.4, -0.2) is 29.4 Å². The van der Waals surface area contributed by atoms with E-state index in [9.17, 15) is 9.59 Å². The number of amides is 1. The quantitative estimate of drug-likeness (QED) is 0.521. The fourth-order valence-electron chi connectivity index (χ4n) is 1.99. The van der Waals surface area contributed by atoms with Gasteiger partial charge in [-0.05, 0) is 23.8 Å². The van der Waals surface area contributed by atoms with E-state index in [2.05, 4.69) is 21.2 Å². The number of carbonyl (C=O) groups is 2. The summed E-state index contributed by atoms with van der Waals surface area (Å²) in [6.07, 6.45) is 0.284. The molecule has 0 heterocycles. The Labute approximate surface area is 147 Å². The molecule has 6 nitrogen and oxygen atoms in total. The number of ether oxygens (including phenoxy) is 1. The first-order valence-electron chi connectivity index (χ1n) is 7.02. The molecule has 1 amide bonds. The lowest BCUT2D eigenvalue weighted by Crippen LogP contribution is -2.31. The highest BCUT2D eigenvalue weighted by Gasteiger charge is 2.16. The van der Waals surface area contributed by atoms with Gasteiger partial charge in [-0.15, -0.1) is 0 Å². The van der Waals surface area contributed by atoms with E-state index in [-0.39, 0.29) is 23.6 Å². The topological polar surface area (TPSA) is 99.5 Å². The van der Waals surface area contributed by atoms with Gasteiger partial charge in [-0.1, -0.05) is 46.3 Å². The molecule has 2 aromatic carbocycles. The van der Waals surface area contributed by atoms with Crippen LogP contribution in [0.1, 0.15) is 15.9 Å². The lowest BCUT2D eigenvalue weighted by Gasteiger charge is -2.12. The molecule has 0 fully saturated rings. The second-order valence-electron chi connectivity index (χ2n) is 4.92. The van der Waals surface area contributed by atoms with Crippen LogP contribution in [0, 0.1) is 5.41 Å². The Morgan fingerprint density at radius 3 is 2.54 bits per heavy atom. The minimum atomic E-state index is -1.14. The van der Waals surface area contributed by atoms with Crippen molar-refractivity contribution in [2.24, 2.45) is 0 Å². The van der Waals surface area contributed by atoms with Crippen LogP contribution >= 0.6 is 15.9 Å². The molecule has 24 heavy (non-hydrogen) atoms. The number of hydrogen-bond donors (Lipinski definition) is 3. The van der Waals surface area contributed by atoms with E-state index in [4.69, 9.17) is 15.3 Å². The van der Waals surface area contributed by atoms with Crippen LogP contribution in [0.2, 0.25) is 0 Å². The van der Waals surface area contributed by atoms with Crippen molar-refractivity contribution in [2.75, 3.05) is 6.61 Å². The zero-order valence-electron chi connectivity index (χ0n) is 12.6. The van der Waals surface area contributed by atoms with Crippen molar-refractivity contribution < 1.29 is 19.4 Å². The molecule has 124 valence electrons. The third-order valence-electron chi connectivity index (χ3n) is 3.03. The van der Waals surface area contributed by atoms with Crippen LogP contribution < -0.4 is 10.1 Å². The van der Waals surface area contributed by atoms with Gasteiger partial charge >= 0.3 is 5.97 Å². The van der Waals surface area contributed by atoms with E-state index in [0.29, 0.717) is 4.47 Å². The van der Waals surface area contributed by atoms with Gasteiger partial charge in [0.1, 0.15) is 11.6 Å². The fraction of sp³-hybridized carbons (Fsp3) is 0.118. The van der Waals surface area contributed by atoms with Crippen molar-refractivity contribution in [1.82, 2.24) is 5.32 Å². The number of halogens is 1. The molecule has 0 saturated carbocycles. The Morgan fingerprint density at radius 2 is 1.88 bits per heavy atom. The monoisotopic (exact) mass is 390 g/mol. The average molecular weight is 391 g/mol. The van der Waals surface area contributed by atoms with Crippen LogP contribution in [0.25, 0.3) is 0 Å². The van der Waals surface area contributed by atoms with Crippen LogP contribution in [0.15, 0.2) is 53.0 Å². The molecule has 0 unspecified atom stereocenters. The van der Waals surface area contributed by atoms with Crippen molar-refractivity contribution in [3.05, 3.63) is 64.1 Å². The maximum absolute atomic E-state index is 12.4. The molecule has 0 spiro atoms. The Hall–Kier alpha value is -2.67. The molecule has 0 saturated heterocycles. The maximum Gasteiger partial charge on any atom is 0.341 e. The van der Waals surface area contributed by atoms with Gasteiger partial charge in [0, 0.05) is 10.9 Å². The molecule has 2 aromatic rings. The summed E-state index contributed by atoms with van der Waals surface area (Å²) in [4.78, 5) is 23.0. The van der Waals surface area contributed by atoms with Gasteiger partial charge in [0.25, 0.3) is 5.91 Å². The lowest BCUT2D eigenvalue weighted by molar-refractivity contribution is -0.139. The summed E-state index contributed by atoms with van der Waals surface area (Å²) < 4.78 is 5.77. The number of aliphatic carboxylic acids is 1. The highest BCUT2D eigenvalue weighted by molar-refractivity contribution is 9.10. The van der Waals surface area contributed by atoms with Crippen molar-refractivity contribution in [1.29, 1.82) is 5.41 Å². The number of hydrogen-bond acceptors (Lipinski definition) is 4. The van der Waals surface area contributed by atoms with E-state index >= 15 is 0 Å². The summed E-state index contributed by atoms with van der Waals surface area (Å²) in [6.45, 7) is -0.552. The molecule has 0 atom stereocenters. The van der Waals surface area contributed by atoms with Crippen LogP contribution in [-0.2, 0) is 11.2 Å². The molecule has 0 aliphatic heterocycles. The summed E-state index contributed by atoms with van der Waals surface area (Å²) in [6, 6.07) is 14.0. The first-order valence-corrected chi connectivity index (χ1v) is 7.82. The van der Waals surface area contributed by atoms with E-state index in [1.807, 2.05) is 30.3 Å². The van der Waals surface area contributed by atoms with Crippen LogP contribution in [0.4, 0.5) is 0 Å². The number of rotatable bonds is 6. The van der Waals surface area contributed by atoms with Gasteiger partial charge in [-0.25, -0.2) is 4.79 Å². The minimum Gasteiger partial charge on any atom is -0.481 e. The van der Waals surface area contributed by atoms with Gasteiger partial charge in [-0.3, -0.25) is 10.2 Å². The Kier molecular flexibility index (Phi) is 6.08. The number of amidine groups is 1. The summed E-state index contributed by atoms with van der Waals surface area (Å²) in [5.74, 6) is -1.49. The van der Waals surface area contributed by atoms with Gasteiger partial charge in [0.2, 0.25) is 0 Å². The van der Waals surface area contributed by atoms with E-state index in [1.165, 1.54) is 12.1 Å². The van der Waals surface area contributed by atoms with E-state index < -0.39 is 18.5 Å². The normalized spacial score (nSPS) is 10.0. The van der Waals surface area contributed by atoms with Gasteiger partial charge in [-0.2, -0.15) is 0 Å². The molecule has 3 N–H and O–H groups in total. The Morgan fingerprint density at radius 1 is 1.17 bits per heavy atom. The van der Waals surface area contributed by atoms with Gasteiger partial charge in [0.15, 0.2) is 6.61 Å². The molecule has 7 heteroatoms.